The summed E-state index contributed by atoms with van der Waals surface area (Å²) in [4.78, 5) is 6.51. The van der Waals surface area contributed by atoms with Gasteiger partial charge in [0.15, 0.2) is 0 Å². The zero-order valence-corrected chi connectivity index (χ0v) is 11.2. The summed E-state index contributed by atoms with van der Waals surface area (Å²) < 4.78 is 0.940. The predicted molar refractivity (Wildman–Crippen MR) is 69.4 cm³/mol. The fraction of sp³-hybridized carbons (Fsp3) is 0.500. The molecule has 1 unspecified atom stereocenters. The fourth-order valence-electron chi connectivity index (χ4n) is 2.01. The molecule has 0 amide bonds. The molecule has 0 aromatic carbocycles. The molecule has 1 fully saturated rings. The second-order valence-electron chi connectivity index (χ2n) is 4.07. The molecular formula is C12H15BrN4. The van der Waals surface area contributed by atoms with E-state index in [0.29, 0.717) is 0 Å². The molecule has 0 bridgehead atoms. The molecule has 2 rings (SSSR count). The van der Waals surface area contributed by atoms with Crippen LogP contribution in [0.1, 0.15) is 18.2 Å². The highest BCUT2D eigenvalue weighted by Gasteiger charge is 2.21. The molecule has 0 saturated carbocycles. The number of nitriles is 1. The number of aromatic nitrogens is 1. The Morgan fingerprint density at radius 3 is 3.00 bits per heavy atom. The van der Waals surface area contributed by atoms with Crippen LogP contribution >= 0.6 is 15.9 Å². The maximum absolute atomic E-state index is 9.33. The molecule has 17 heavy (non-hydrogen) atoms. The van der Waals surface area contributed by atoms with E-state index in [-0.39, 0.29) is 6.04 Å². The third-order valence-electron chi connectivity index (χ3n) is 2.89. The first-order valence-electron chi connectivity index (χ1n) is 5.77. The van der Waals surface area contributed by atoms with E-state index in [1.165, 1.54) is 0 Å². The minimum absolute atomic E-state index is 0.233. The molecule has 1 N–H and O–H groups in total. The summed E-state index contributed by atoms with van der Waals surface area (Å²) in [6, 6.07) is 5.97. The van der Waals surface area contributed by atoms with Gasteiger partial charge in [-0.05, 0) is 41.0 Å². The summed E-state index contributed by atoms with van der Waals surface area (Å²) in [5.74, 6) is 0. The minimum atomic E-state index is -0.233. The van der Waals surface area contributed by atoms with Crippen molar-refractivity contribution in [1.29, 1.82) is 5.26 Å². The molecular weight excluding hydrogens is 280 g/mol. The van der Waals surface area contributed by atoms with Gasteiger partial charge in [0, 0.05) is 30.3 Å². The Morgan fingerprint density at radius 2 is 2.29 bits per heavy atom. The Morgan fingerprint density at radius 1 is 1.41 bits per heavy atom. The lowest BCUT2D eigenvalue weighted by Crippen LogP contribution is -2.32. The van der Waals surface area contributed by atoms with E-state index in [1.54, 1.807) is 6.20 Å². The SMILES string of the molecule is N#CC(c1ccc(Br)cn1)N1CCCNCC1. The summed E-state index contributed by atoms with van der Waals surface area (Å²) in [5.41, 5.74) is 0.831. The lowest BCUT2D eigenvalue weighted by molar-refractivity contribution is 0.249. The number of nitrogens with zero attached hydrogens (tertiary/aromatic N) is 3. The highest BCUT2D eigenvalue weighted by molar-refractivity contribution is 9.10. The van der Waals surface area contributed by atoms with Crippen LogP contribution in [-0.4, -0.2) is 36.1 Å². The summed E-state index contributed by atoms with van der Waals surface area (Å²) in [7, 11) is 0. The number of nitrogens with one attached hydrogen (secondary N) is 1. The fourth-order valence-corrected chi connectivity index (χ4v) is 2.24. The van der Waals surface area contributed by atoms with E-state index in [2.05, 4.69) is 37.2 Å². The molecule has 2 heterocycles. The monoisotopic (exact) mass is 294 g/mol. The Balaban J connectivity index is 2.15. The number of rotatable bonds is 2. The predicted octanol–water partition coefficient (Wildman–Crippen LogP) is 1.70. The third kappa shape index (κ3) is 3.25. The van der Waals surface area contributed by atoms with E-state index in [0.717, 1.165) is 42.8 Å². The Hall–Kier alpha value is -0.960. The van der Waals surface area contributed by atoms with Crippen molar-refractivity contribution in [2.75, 3.05) is 26.2 Å². The lowest BCUT2D eigenvalue weighted by Gasteiger charge is -2.24. The smallest absolute Gasteiger partial charge is 0.140 e. The van der Waals surface area contributed by atoms with Gasteiger partial charge in [0.25, 0.3) is 0 Å². The van der Waals surface area contributed by atoms with E-state index in [9.17, 15) is 5.26 Å². The second-order valence-corrected chi connectivity index (χ2v) is 4.99. The van der Waals surface area contributed by atoms with Crippen molar-refractivity contribution in [1.82, 2.24) is 15.2 Å². The molecule has 1 atom stereocenters. The van der Waals surface area contributed by atoms with Crippen LogP contribution in [0.2, 0.25) is 0 Å². The first kappa shape index (κ1) is 12.5. The summed E-state index contributed by atoms with van der Waals surface area (Å²) in [6.07, 6.45) is 2.82. The number of hydrogen-bond acceptors (Lipinski definition) is 4. The Kier molecular flexibility index (Phi) is 4.49. The molecule has 1 aliphatic heterocycles. The van der Waals surface area contributed by atoms with Crippen LogP contribution in [0.5, 0.6) is 0 Å². The Bertz CT molecular complexity index is 390. The zero-order valence-electron chi connectivity index (χ0n) is 9.56. The van der Waals surface area contributed by atoms with Gasteiger partial charge in [0.2, 0.25) is 0 Å². The van der Waals surface area contributed by atoms with Crippen molar-refractivity contribution in [3.63, 3.8) is 0 Å². The topological polar surface area (TPSA) is 52.0 Å². The van der Waals surface area contributed by atoms with Crippen LogP contribution in [0.3, 0.4) is 0 Å². The largest absolute Gasteiger partial charge is 0.315 e. The molecule has 90 valence electrons. The van der Waals surface area contributed by atoms with Crippen molar-refractivity contribution in [3.05, 3.63) is 28.5 Å². The van der Waals surface area contributed by atoms with Gasteiger partial charge in [-0.1, -0.05) is 0 Å². The zero-order chi connectivity index (χ0) is 12.1. The van der Waals surface area contributed by atoms with Gasteiger partial charge < -0.3 is 5.32 Å². The standard InChI is InChI=1S/C12H15BrN4/c13-10-2-3-11(16-9-10)12(8-14)17-6-1-4-15-5-7-17/h2-3,9,12,15H,1,4-7H2. The van der Waals surface area contributed by atoms with Crippen molar-refractivity contribution >= 4 is 15.9 Å². The summed E-state index contributed by atoms with van der Waals surface area (Å²) in [5, 5.41) is 12.7. The quantitative estimate of drug-likeness (QED) is 0.902. The van der Waals surface area contributed by atoms with Crippen LogP contribution in [0.15, 0.2) is 22.8 Å². The van der Waals surface area contributed by atoms with Gasteiger partial charge in [-0.3, -0.25) is 9.88 Å². The molecule has 0 radical (unpaired) electrons. The first-order chi connectivity index (χ1) is 8.31. The van der Waals surface area contributed by atoms with Crippen molar-refractivity contribution < 1.29 is 0 Å². The summed E-state index contributed by atoms with van der Waals surface area (Å²) in [6.45, 7) is 3.82. The number of hydrogen-bond donors (Lipinski definition) is 1. The molecule has 0 spiro atoms. The maximum atomic E-state index is 9.33. The summed E-state index contributed by atoms with van der Waals surface area (Å²) >= 11 is 3.36. The van der Waals surface area contributed by atoms with Gasteiger partial charge in [-0.25, -0.2) is 0 Å². The maximum Gasteiger partial charge on any atom is 0.140 e. The molecule has 1 aliphatic rings. The second kappa shape index (κ2) is 6.10. The van der Waals surface area contributed by atoms with Crippen LogP contribution < -0.4 is 5.32 Å². The van der Waals surface area contributed by atoms with Gasteiger partial charge in [-0.15, -0.1) is 0 Å². The third-order valence-corrected chi connectivity index (χ3v) is 3.36. The normalized spacial score (nSPS) is 19.3. The van der Waals surface area contributed by atoms with Crippen LogP contribution in [-0.2, 0) is 0 Å². The average molecular weight is 295 g/mol. The van der Waals surface area contributed by atoms with Crippen LogP contribution in [0, 0.1) is 11.3 Å². The minimum Gasteiger partial charge on any atom is -0.315 e. The van der Waals surface area contributed by atoms with Crippen LogP contribution in [0.4, 0.5) is 0 Å². The van der Waals surface area contributed by atoms with Crippen molar-refractivity contribution in [2.45, 2.75) is 12.5 Å². The van der Waals surface area contributed by atoms with Gasteiger partial charge in [-0.2, -0.15) is 5.26 Å². The highest BCUT2D eigenvalue weighted by Crippen LogP contribution is 2.20. The number of halogens is 1. The van der Waals surface area contributed by atoms with E-state index < -0.39 is 0 Å². The molecule has 5 heteroatoms. The highest BCUT2D eigenvalue weighted by atomic mass is 79.9. The lowest BCUT2D eigenvalue weighted by atomic mass is 10.1. The number of pyridine rings is 1. The molecule has 4 nitrogen and oxygen atoms in total. The molecule has 0 aliphatic carbocycles. The average Bonchev–Trinajstić information content (AvgIpc) is 2.62. The molecule has 1 saturated heterocycles. The Labute approximate surface area is 110 Å². The molecule has 1 aromatic heterocycles. The van der Waals surface area contributed by atoms with E-state index in [1.807, 2.05) is 12.1 Å². The van der Waals surface area contributed by atoms with Gasteiger partial charge in [0.1, 0.15) is 6.04 Å². The van der Waals surface area contributed by atoms with Gasteiger partial charge in [0.05, 0.1) is 11.8 Å². The van der Waals surface area contributed by atoms with Crippen LogP contribution in [0.25, 0.3) is 0 Å². The van der Waals surface area contributed by atoms with Crippen molar-refractivity contribution in [2.24, 2.45) is 0 Å². The van der Waals surface area contributed by atoms with E-state index >= 15 is 0 Å². The molecule has 1 aromatic rings. The van der Waals surface area contributed by atoms with E-state index in [4.69, 9.17) is 0 Å². The van der Waals surface area contributed by atoms with Gasteiger partial charge >= 0.3 is 0 Å². The first-order valence-corrected chi connectivity index (χ1v) is 6.56. The van der Waals surface area contributed by atoms with Crippen molar-refractivity contribution in [3.8, 4) is 6.07 Å².